The zero-order chi connectivity index (χ0) is 10.3. The highest BCUT2D eigenvalue weighted by atomic mass is 19.3. The van der Waals surface area contributed by atoms with Crippen LogP contribution in [0.4, 0.5) is 8.78 Å². The Morgan fingerprint density at radius 1 is 1.50 bits per heavy atom. The number of hydrogen-bond donors (Lipinski definition) is 0. The Morgan fingerprint density at radius 2 is 2.21 bits per heavy atom. The van der Waals surface area contributed by atoms with Gasteiger partial charge in [-0.25, -0.2) is 8.78 Å². The SMILES string of the molecule is CC1CCc2c(C(F)F)nn(C)c2C1. The van der Waals surface area contributed by atoms with Gasteiger partial charge in [-0.1, -0.05) is 6.92 Å². The molecule has 1 aromatic rings. The zero-order valence-corrected chi connectivity index (χ0v) is 8.43. The minimum Gasteiger partial charge on any atom is -0.272 e. The molecule has 0 radical (unpaired) electrons. The fourth-order valence-electron chi connectivity index (χ4n) is 2.15. The summed E-state index contributed by atoms with van der Waals surface area (Å²) in [6, 6.07) is 0. The topological polar surface area (TPSA) is 17.8 Å². The van der Waals surface area contributed by atoms with Crippen LogP contribution in [0.1, 0.15) is 36.7 Å². The summed E-state index contributed by atoms with van der Waals surface area (Å²) in [4.78, 5) is 0. The molecule has 0 saturated carbocycles. The maximum atomic E-state index is 12.6. The predicted molar refractivity (Wildman–Crippen MR) is 49.4 cm³/mol. The number of rotatable bonds is 1. The maximum absolute atomic E-state index is 12.6. The van der Waals surface area contributed by atoms with E-state index in [2.05, 4.69) is 12.0 Å². The van der Waals surface area contributed by atoms with Gasteiger partial charge in [-0.2, -0.15) is 5.10 Å². The molecule has 0 bridgehead atoms. The van der Waals surface area contributed by atoms with Gasteiger partial charge in [-0.15, -0.1) is 0 Å². The lowest BCUT2D eigenvalue weighted by Crippen LogP contribution is -2.13. The minimum absolute atomic E-state index is 0.00519. The molecule has 1 aliphatic rings. The quantitative estimate of drug-likeness (QED) is 0.681. The number of aryl methyl sites for hydroxylation is 1. The number of aromatic nitrogens is 2. The van der Waals surface area contributed by atoms with Crippen molar-refractivity contribution in [2.24, 2.45) is 13.0 Å². The Morgan fingerprint density at radius 3 is 2.86 bits per heavy atom. The van der Waals surface area contributed by atoms with Gasteiger partial charge in [0, 0.05) is 18.3 Å². The summed E-state index contributed by atoms with van der Waals surface area (Å²) < 4.78 is 26.8. The van der Waals surface area contributed by atoms with Crippen LogP contribution in [-0.2, 0) is 19.9 Å². The van der Waals surface area contributed by atoms with Gasteiger partial charge in [0.2, 0.25) is 0 Å². The van der Waals surface area contributed by atoms with Gasteiger partial charge in [0.15, 0.2) is 0 Å². The minimum atomic E-state index is -2.43. The van der Waals surface area contributed by atoms with Crippen LogP contribution in [0.2, 0.25) is 0 Å². The predicted octanol–water partition coefficient (Wildman–Crippen LogP) is 2.48. The highest BCUT2D eigenvalue weighted by molar-refractivity contribution is 5.29. The van der Waals surface area contributed by atoms with Crippen molar-refractivity contribution in [3.05, 3.63) is 17.0 Å². The molecule has 14 heavy (non-hydrogen) atoms. The van der Waals surface area contributed by atoms with Crippen LogP contribution in [0.15, 0.2) is 0 Å². The number of hydrogen-bond acceptors (Lipinski definition) is 1. The Balaban J connectivity index is 2.44. The van der Waals surface area contributed by atoms with Crippen LogP contribution < -0.4 is 0 Å². The van der Waals surface area contributed by atoms with Crippen LogP contribution in [0.5, 0.6) is 0 Å². The van der Waals surface area contributed by atoms with Crippen LogP contribution in [0.25, 0.3) is 0 Å². The zero-order valence-electron chi connectivity index (χ0n) is 8.43. The Labute approximate surface area is 81.9 Å². The van der Waals surface area contributed by atoms with Crippen LogP contribution >= 0.6 is 0 Å². The molecule has 0 spiro atoms. The third-order valence-corrected chi connectivity index (χ3v) is 2.94. The molecule has 1 aromatic heterocycles. The van der Waals surface area contributed by atoms with E-state index in [-0.39, 0.29) is 5.69 Å². The van der Waals surface area contributed by atoms with Crippen LogP contribution in [-0.4, -0.2) is 9.78 Å². The molecule has 78 valence electrons. The van der Waals surface area contributed by atoms with Crippen LogP contribution in [0.3, 0.4) is 0 Å². The molecule has 1 aliphatic carbocycles. The van der Waals surface area contributed by atoms with E-state index < -0.39 is 6.43 Å². The van der Waals surface area contributed by atoms with E-state index in [0.29, 0.717) is 5.92 Å². The fraction of sp³-hybridized carbons (Fsp3) is 0.700. The second kappa shape index (κ2) is 3.33. The van der Waals surface area contributed by atoms with Crippen LogP contribution in [0, 0.1) is 5.92 Å². The Bertz CT molecular complexity index is 344. The molecule has 2 rings (SSSR count). The van der Waals surface area contributed by atoms with E-state index in [1.54, 1.807) is 11.7 Å². The normalized spacial score (nSPS) is 21.4. The first-order chi connectivity index (χ1) is 6.59. The van der Waals surface area contributed by atoms with E-state index in [1.165, 1.54) is 0 Å². The van der Waals surface area contributed by atoms with Crippen molar-refractivity contribution in [2.45, 2.75) is 32.6 Å². The smallest absolute Gasteiger partial charge is 0.272 e. The second-order valence-corrected chi connectivity index (χ2v) is 4.08. The van der Waals surface area contributed by atoms with E-state index in [0.717, 1.165) is 30.5 Å². The number of halogens is 2. The largest absolute Gasteiger partial charge is 0.282 e. The number of alkyl halides is 2. The van der Waals surface area contributed by atoms with Crippen molar-refractivity contribution in [1.29, 1.82) is 0 Å². The van der Waals surface area contributed by atoms with Gasteiger partial charge in [0.1, 0.15) is 5.69 Å². The second-order valence-electron chi connectivity index (χ2n) is 4.08. The van der Waals surface area contributed by atoms with Gasteiger partial charge in [-0.05, 0) is 25.2 Å². The molecule has 4 heteroatoms. The highest BCUT2D eigenvalue weighted by Gasteiger charge is 2.26. The Hall–Kier alpha value is -0.930. The third kappa shape index (κ3) is 1.42. The third-order valence-electron chi connectivity index (χ3n) is 2.94. The molecule has 2 nitrogen and oxygen atoms in total. The van der Waals surface area contributed by atoms with Crippen molar-refractivity contribution in [3.63, 3.8) is 0 Å². The van der Waals surface area contributed by atoms with E-state index in [1.807, 2.05) is 0 Å². The maximum Gasteiger partial charge on any atom is 0.282 e. The summed E-state index contributed by atoms with van der Waals surface area (Å²) in [5.74, 6) is 0.587. The molecule has 1 heterocycles. The first-order valence-electron chi connectivity index (χ1n) is 4.92. The first kappa shape index (κ1) is 9.62. The molecule has 1 atom stereocenters. The van der Waals surface area contributed by atoms with Gasteiger partial charge in [-0.3, -0.25) is 4.68 Å². The van der Waals surface area contributed by atoms with Crippen molar-refractivity contribution in [2.75, 3.05) is 0 Å². The standard InChI is InChI=1S/C10H14F2N2/c1-6-3-4-7-8(5-6)14(2)13-9(7)10(11)12/h6,10H,3-5H2,1-2H3. The summed E-state index contributed by atoms with van der Waals surface area (Å²) in [5, 5.41) is 3.89. The summed E-state index contributed by atoms with van der Waals surface area (Å²) in [6.07, 6.45) is 0.201. The molecular weight excluding hydrogens is 186 g/mol. The van der Waals surface area contributed by atoms with E-state index in [4.69, 9.17) is 0 Å². The number of nitrogens with zero attached hydrogens (tertiary/aromatic N) is 2. The van der Waals surface area contributed by atoms with Gasteiger partial charge in [0.05, 0.1) is 0 Å². The van der Waals surface area contributed by atoms with Crippen molar-refractivity contribution in [1.82, 2.24) is 9.78 Å². The van der Waals surface area contributed by atoms with Gasteiger partial charge >= 0.3 is 0 Å². The van der Waals surface area contributed by atoms with Gasteiger partial charge in [0.25, 0.3) is 6.43 Å². The lowest BCUT2D eigenvalue weighted by molar-refractivity contribution is 0.144. The van der Waals surface area contributed by atoms with Crippen molar-refractivity contribution >= 4 is 0 Å². The molecule has 0 N–H and O–H groups in total. The van der Waals surface area contributed by atoms with Crippen molar-refractivity contribution < 1.29 is 8.78 Å². The van der Waals surface area contributed by atoms with E-state index >= 15 is 0 Å². The molecule has 0 aliphatic heterocycles. The molecular formula is C10H14F2N2. The van der Waals surface area contributed by atoms with Crippen molar-refractivity contribution in [3.8, 4) is 0 Å². The lowest BCUT2D eigenvalue weighted by Gasteiger charge is -2.19. The lowest BCUT2D eigenvalue weighted by atomic mass is 9.88. The first-order valence-corrected chi connectivity index (χ1v) is 4.92. The molecule has 1 unspecified atom stereocenters. The number of fused-ring (bicyclic) bond motifs is 1. The average Bonchev–Trinajstić information content (AvgIpc) is 2.44. The fourth-order valence-corrected chi connectivity index (χ4v) is 2.15. The molecule has 0 amide bonds. The summed E-state index contributed by atoms with van der Waals surface area (Å²) >= 11 is 0. The summed E-state index contributed by atoms with van der Waals surface area (Å²) in [5.41, 5.74) is 1.79. The Kier molecular flexibility index (Phi) is 2.29. The summed E-state index contributed by atoms with van der Waals surface area (Å²) in [6.45, 7) is 2.15. The molecule has 0 saturated heterocycles. The summed E-state index contributed by atoms with van der Waals surface area (Å²) in [7, 11) is 1.75. The molecule has 0 fully saturated rings. The highest BCUT2D eigenvalue weighted by Crippen LogP contribution is 2.31. The van der Waals surface area contributed by atoms with E-state index in [9.17, 15) is 8.78 Å². The molecule has 0 aromatic carbocycles. The van der Waals surface area contributed by atoms with Gasteiger partial charge < -0.3 is 0 Å². The monoisotopic (exact) mass is 200 g/mol. The average molecular weight is 200 g/mol.